The fraction of sp³-hybridized carbons (Fsp3) is 0.200. The van der Waals surface area contributed by atoms with E-state index in [2.05, 4.69) is 28.3 Å². The van der Waals surface area contributed by atoms with Crippen LogP contribution in [0.15, 0.2) is 17.5 Å². The maximum absolute atomic E-state index is 5.67. The molecule has 0 aliphatic heterocycles. The third-order valence-corrected chi connectivity index (χ3v) is 2.99. The number of hydrogen-bond donors (Lipinski definition) is 1. The molecule has 0 aromatic carbocycles. The zero-order chi connectivity index (χ0) is 10.1. The Hall–Kier alpha value is -1.42. The quantitative estimate of drug-likeness (QED) is 0.777. The van der Waals surface area contributed by atoms with Crippen LogP contribution in [0, 0.1) is 13.8 Å². The highest BCUT2D eigenvalue weighted by Crippen LogP contribution is 2.27. The summed E-state index contributed by atoms with van der Waals surface area (Å²) >= 11 is 1.67. The van der Waals surface area contributed by atoms with Gasteiger partial charge in [0.1, 0.15) is 11.6 Å². The molecular formula is C10H11N3S. The van der Waals surface area contributed by atoms with Crippen molar-refractivity contribution in [1.29, 1.82) is 0 Å². The molecule has 0 bridgehead atoms. The van der Waals surface area contributed by atoms with Gasteiger partial charge in [0.25, 0.3) is 0 Å². The average Bonchev–Trinajstić information content (AvgIpc) is 2.49. The lowest BCUT2D eigenvalue weighted by molar-refractivity contribution is 1.07. The molecule has 3 nitrogen and oxygen atoms in total. The van der Waals surface area contributed by atoms with Crippen molar-refractivity contribution in [3.63, 3.8) is 0 Å². The lowest BCUT2D eigenvalue weighted by Crippen LogP contribution is -1.96. The first-order chi connectivity index (χ1) is 6.66. The minimum Gasteiger partial charge on any atom is -0.384 e. The molecule has 0 unspecified atom stereocenters. The summed E-state index contributed by atoms with van der Waals surface area (Å²) in [6, 6.07) is 3.89. The van der Waals surface area contributed by atoms with Crippen molar-refractivity contribution in [3.05, 3.63) is 28.9 Å². The molecule has 0 atom stereocenters. The summed E-state index contributed by atoms with van der Waals surface area (Å²) < 4.78 is 0. The number of anilines is 1. The number of nitrogens with two attached hydrogens (primary N) is 1. The zero-order valence-corrected chi connectivity index (χ0v) is 8.93. The molecule has 2 rings (SSSR count). The lowest BCUT2D eigenvalue weighted by Gasteiger charge is -2.01. The zero-order valence-electron chi connectivity index (χ0n) is 8.11. The topological polar surface area (TPSA) is 51.8 Å². The van der Waals surface area contributed by atoms with E-state index in [1.165, 1.54) is 10.4 Å². The number of aromatic nitrogens is 2. The Balaban J connectivity index is 2.57. The third kappa shape index (κ3) is 1.61. The predicted molar refractivity (Wildman–Crippen MR) is 59.2 cm³/mol. The van der Waals surface area contributed by atoms with E-state index >= 15 is 0 Å². The van der Waals surface area contributed by atoms with Crippen LogP contribution in [0.2, 0.25) is 0 Å². The Morgan fingerprint density at radius 2 is 2.07 bits per heavy atom. The molecule has 4 heteroatoms. The summed E-state index contributed by atoms with van der Waals surface area (Å²) in [4.78, 5) is 9.57. The van der Waals surface area contributed by atoms with Gasteiger partial charge < -0.3 is 5.73 Å². The van der Waals surface area contributed by atoms with E-state index in [0.29, 0.717) is 11.6 Å². The highest BCUT2D eigenvalue weighted by atomic mass is 32.1. The second kappa shape index (κ2) is 3.38. The number of aryl methyl sites for hydroxylation is 2. The number of nitrogen functional groups attached to an aromatic ring is 1. The normalized spacial score (nSPS) is 10.4. The van der Waals surface area contributed by atoms with Crippen molar-refractivity contribution in [2.75, 3.05) is 5.73 Å². The Bertz CT molecular complexity index is 442. The third-order valence-electron chi connectivity index (χ3n) is 1.95. The molecule has 0 saturated carbocycles. The standard InChI is InChI=1S/C10H11N3S/c1-6-3-4-14-10(6)8-5-9(11)13-7(2)12-8/h3-5H,1-2H3,(H2,11,12,13). The van der Waals surface area contributed by atoms with E-state index in [-0.39, 0.29) is 0 Å². The van der Waals surface area contributed by atoms with Gasteiger partial charge in [-0.2, -0.15) is 0 Å². The van der Waals surface area contributed by atoms with Gasteiger partial charge in [0.05, 0.1) is 10.6 Å². The SMILES string of the molecule is Cc1nc(N)cc(-c2sccc2C)n1. The first-order valence-corrected chi connectivity index (χ1v) is 5.20. The molecule has 0 aliphatic carbocycles. The highest BCUT2D eigenvalue weighted by Gasteiger charge is 2.06. The minimum absolute atomic E-state index is 0.528. The maximum atomic E-state index is 5.67. The van der Waals surface area contributed by atoms with Crippen molar-refractivity contribution in [3.8, 4) is 10.6 Å². The largest absolute Gasteiger partial charge is 0.384 e. The van der Waals surface area contributed by atoms with Gasteiger partial charge in [0, 0.05) is 6.07 Å². The van der Waals surface area contributed by atoms with Gasteiger partial charge in [-0.3, -0.25) is 0 Å². The van der Waals surface area contributed by atoms with Gasteiger partial charge in [-0.25, -0.2) is 9.97 Å². The molecule has 0 amide bonds. The Morgan fingerprint density at radius 3 is 2.64 bits per heavy atom. The van der Waals surface area contributed by atoms with Gasteiger partial charge in [0.2, 0.25) is 0 Å². The first-order valence-electron chi connectivity index (χ1n) is 4.32. The Morgan fingerprint density at radius 1 is 1.29 bits per heavy atom. The molecule has 2 N–H and O–H groups in total. The molecule has 2 heterocycles. The molecule has 0 fully saturated rings. The van der Waals surface area contributed by atoms with Crippen LogP contribution >= 0.6 is 11.3 Å². The van der Waals surface area contributed by atoms with E-state index in [0.717, 1.165) is 5.69 Å². The second-order valence-corrected chi connectivity index (χ2v) is 4.07. The molecule has 0 radical (unpaired) electrons. The fourth-order valence-electron chi connectivity index (χ4n) is 1.34. The molecule has 72 valence electrons. The van der Waals surface area contributed by atoms with Crippen molar-refractivity contribution in [2.24, 2.45) is 0 Å². The summed E-state index contributed by atoms with van der Waals surface area (Å²) in [6.07, 6.45) is 0. The van der Waals surface area contributed by atoms with Crippen LogP contribution in [0.1, 0.15) is 11.4 Å². The second-order valence-electron chi connectivity index (χ2n) is 3.16. The van der Waals surface area contributed by atoms with Gasteiger partial charge >= 0.3 is 0 Å². The number of hydrogen-bond acceptors (Lipinski definition) is 4. The van der Waals surface area contributed by atoms with Gasteiger partial charge in [-0.05, 0) is 30.9 Å². The average molecular weight is 205 g/mol. The van der Waals surface area contributed by atoms with Crippen molar-refractivity contribution < 1.29 is 0 Å². The summed E-state index contributed by atoms with van der Waals surface area (Å²) in [5, 5.41) is 2.05. The molecule has 2 aromatic rings. The van der Waals surface area contributed by atoms with E-state index in [1.54, 1.807) is 11.3 Å². The number of nitrogens with zero attached hydrogens (tertiary/aromatic N) is 2. The Labute approximate surface area is 86.6 Å². The summed E-state index contributed by atoms with van der Waals surface area (Å²) in [5.41, 5.74) is 7.82. The summed E-state index contributed by atoms with van der Waals surface area (Å²) in [7, 11) is 0. The van der Waals surface area contributed by atoms with Gasteiger partial charge in [-0.15, -0.1) is 11.3 Å². The van der Waals surface area contributed by atoms with Crippen molar-refractivity contribution >= 4 is 17.2 Å². The van der Waals surface area contributed by atoms with Crippen LogP contribution in [0.4, 0.5) is 5.82 Å². The van der Waals surface area contributed by atoms with E-state index in [9.17, 15) is 0 Å². The lowest BCUT2D eigenvalue weighted by atomic mass is 10.2. The molecule has 0 aliphatic rings. The summed E-state index contributed by atoms with van der Waals surface area (Å²) in [5.74, 6) is 1.24. The van der Waals surface area contributed by atoms with Crippen LogP contribution in [-0.2, 0) is 0 Å². The van der Waals surface area contributed by atoms with Crippen molar-refractivity contribution in [2.45, 2.75) is 13.8 Å². The van der Waals surface area contributed by atoms with Crippen molar-refractivity contribution in [1.82, 2.24) is 9.97 Å². The highest BCUT2D eigenvalue weighted by molar-refractivity contribution is 7.13. The number of rotatable bonds is 1. The monoisotopic (exact) mass is 205 g/mol. The van der Waals surface area contributed by atoms with E-state index in [4.69, 9.17) is 5.73 Å². The van der Waals surface area contributed by atoms with Crippen LogP contribution in [0.5, 0.6) is 0 Å². The number of thiophene rings is 1. The predicted octanol–water partition coefficient (Wildman–Crippen LogP) is 2.40. The van der Waals surface area contributed by atoms with E-state index in [1.807, 2.05) is 13.0 Å². The van der Waals surface area contributed by atoms with Crippen LogP contribution in [-0.4, -0.2) is 9.97 Å². The smallest absolute Gasteiger partial charge is 0.128 e. The van der Waals surface area contributed by atoms with Crippen LogP contribution < -0.4 is 5.73 Å². The summed E-state index contributed by atoms with van der Waals surface area (Å²) in [6.45, 7) is 3.92. The molecule has 0 spiro atoms. The van der Waals surface area contributed by atoms with Crippen LogP contribution in [0.3, 0.4) is 0 Å². The fourth-order valence-corrected chi connectivity index (χ4v) is 2.23. The van der Waals surface area contributed by atoms with E-state index < -0.39 is 0 Å². The maximum Gasteiger partial charge on any atom is 0.128 e. The van der Waals surface area contributed by atoms with Gasteiger partial charge in [0.15, 0.2) is 0 Å². The first kappa shape index (κ1) is 9.15. The minimum atomic E-state index is 0.528. The Kier molecular flexibility index (Phi) is 2.21. The molecule has 0 saturated heterocycles. The molecular weight excluding hydrogens is 194 g/mol. The van der Waals surface area contributed by atoms with Crippen LogP contribution in [0.25, 0.3) is 10.6 Å². The molecule has 2 aromatic heterocycles. The molecule has 14 heavy (non-hydrogen) atoms. The van der Waals surface area contributed by atoms with Gasteiger partial charge in [-0.1, -0.05) is 0 Å².